The molecule has 1 heterocycles. The third kappa shape index (κ3) is 2.93. The Kier molecular flexibility index (Phi) is 4.06. The lowest BCUT2D eigenvalue weighted by Gasteiger charge is -2.15. The van der Waals surface area contributed by atoms with E-state index >= 15 is 0 Å². The van der Waals surface area contributed by atoms with Crippen LogP contribution in [0.5, 0.6) is 0 Å². The Labute approximate surface area is 108 Å². The van der Waals surface area contributed by atoms with Gasteiger partial charge in [0.2, 0.25) is 0 Å². The molecule has 0 saturated carbocycles. The predicted molar refractivity (Wildman–Crippen MR) is 63.4 cm³/mol. The van der Waals surface area contributed by atoms with Gasteiger partial charge in [-0.1, -0.05) is 30.3 Å². The van der Waals surface area contributed by atoms with Gasteiger partial charge in [0.05, 0.1) is 6.61 Å². The first-order chi connectivity index (χ1) is 8.68. The molecular weight excluding hydrogens is 258 g/mol. The second-order valence-corrected chi connectivity index (χ2v) is 4.35. The molecule has 1 atom stereocenters. The summed E-state index contributed by atoms with van der Waals surface area (Å²) < 4.78 is 10.8. The highest BCUT2D eigenvalue weighted by molar-refractivity contribution is 7.93. The Morgan fingerprint density at radius 2 is 2.17 bits per heavy atom. The summed E-state index contributed by atoms with van der Waals surface area (Å²) >= 11 is 0.642. The number of hydrogen-bond acceptors (Lipinski definition) is 5. The normalized spacial score (nSPS) is 18.7. The number of esters is 1. The number of carbonyl (C=O) groups is 2. The van der Waals surface area contributed by atoms with Crippen LogP contribution >= 0.6 is 12.2 Å². The molecule has 1 aliphatic heterocycles. The highest BCUT2D eigenvalue weighted by Gasteiger charge is 2.38. The van der Waals surface area contributed by atoms with Gasteiger partial charge >= 0.3 is 12.1 Å². The Morgan fingerprint density at radius 1 is 1.44 bits per heavy atom. The van der Waals surface area contributed by atoms with E-state index in [1.807, 2.05) is 30.3 Å². The second-order valence-electron chi connectivity index (χ2n) is 3.58. The number of amides is 1. The first-order valence-corrected chi connectivity index (χ1v) is 5.90. The topological polar surface area (TPSA) is 76.1 Å². The van der Waals surface area contributed by atoms with Gasteiger partial charge in [-0.3, -0.25) is 4.18 Å². The lowest BCUT2D eigenvalue weighted by atomic mass is 10.2. The molecule has 18 heavy (non-hydrogen) atoms. The minimum atomic E-state index is -1.22. The summed E-state index contributed by atoms with van der Waals surface area (Å²) in [4.78, 5) is 22.5. The summed E-state index contributed by atoms with van der Waals surface area (Å²) in [5.41, 5.74) is 0.847. The molecule has 1 amide bonds. The van der Waals surface area contributed by atoms with Crippen LogP contribution in [0.25, 0.3) is 0 Å². The summed E-state index contributed by atoms with van der Waals surface area (Å²) in [7, 11) is 0. The molecular formula is C11H11NO5S. The van der Waals surface area contributed by atoms with E-state index in [0.29, 0.717) is 12.2 Å². The maximum atomic E-state index is 11.7. The highest BCUT2D eigenvalue weighted by atomic mass is 32.2. The molecule has 0 aliphatic carbocycles. The molecule has 1 saturated heterocycles. The van der Waals surface area contributed by atoms with E-state index < -0.39 is 18.1 Å². The van der Waals surface area contributed by atoms with Crippen LogP contribution in [-0.4, -0.2) is 34.1 Å². The Balaban J connectivity index is 1.90. The number of carboxylic acid groups (broad SMARTS) is 1. The molecule has 7 heteroatoms. The van der Waals surface area contributed by atoms with Gasteiger partial charge in [-0.15, -0.1) is 0 Å². The lowest BCUT2D eigenvalue weighted by Crippen LogP contribution is -2.39. The van der Waals surface area contributed by atoms with Crippen LogP contribution in [0.1, 0.15) is 5.56 Å². The highest BCUT2D eigenvalue weighted by Crippen LogP contribution is 2.25. The van der Waals surface area contributed by atoms with Gasteiger partial charge in [-0.25, -0.2) is 13.9 Å². The van der Waals surface area contributed by atoms with Crippen molar-refractivity contribution in [2.75, 3.05) is 6.61 Å². The third-order valence-corrected chi connectivity index (χ3v) is 3.14. The molecule has 1 unspecified atom stereocenters. The Morgan fingerprint density at radius 3 is 2.83 bits per heavy atom. The standard InChI is InChI=1S/C11H11NO5S/c13-10(9-7-17-18-12(9)11(14)15)16-6-8-4-2-1-3-5-8/h1-5,9H,6-7H2,(H,14,15). The van der Waals surface area contributed by atoms with E-state index in [1.54, 1.807) is 0 Å². The van der Waals surface area contributed by atoms with Crippen LogP contribution < -0.4 is 0 Å². The van der Waals surface area contributed by atoms with Crippen LogP contribution in [0.2, 0.25) is 0 Å². The molecule has 1 N–H and O–H groups in total. The van der Waals surface area contributed by atoms with Crippen LogP contribution in [0, 0.1) is 0 Å². The Hall–Kier alpha value is -1.73. The van der Waals surface area contributed by atoms with Gasteiger partial charge in [0.25, 0.3) is 0 Å². The molecule has 96 valence electrons. The molecule has 0 aromatic heterocycles. The van der Waals surface area contributed by atoms with Crippen LogP contribution in [0.4, 0.5) is 4.79 Å². The van der Waals surface area contributed by atoms with Crippen molar-refractivity contribution >= 4 is 24.3 Å². The summed E-state index contributed by atoms with van der Waals surface area (Å²) in [6, 6.07) is 8.27. The van der Waals surface area contributed by atoms with E-state index in [1.165, 1.54) is 0 Å². The third-order valence-electron chi connectivity index (χ3n) is 2.33. The fourth-order valence-corrected chi connectivity index (χ4v) is 2.04. The maximum absolute atomic E-state index is 11.7. The number of ether oxygens (including phenoxy) is 1. The van der Waals surface area contributed by atoms with Crippen molar-refractivity contribution < 1.29 is 23.6 Å². The zero-order chi connectivity index (χ0) is 13.0. The number of benzene rings is 1. The van der Waals surface area contributed by atoms with Crippen molar-refractivity contribution in [2.24, 2.45) is 0 Å². The number of carbonyl (C=O) groups excluding carboxylic acids is 1. The van der Waals surface area contributed by atoms with Gasteiger partial charge < -0.3 is 9.84 Å². The summed E-state index contributed by atoms with van der Waals surface area (Å²) in [6.07, 6.45) is -1.22. The SMILES string of the molecule is O=C(OCc1ccccc1)C1COSN1C(=O)O. The first-order valence-electron chi connectivity index (χ1n) is 5.21. The van der Waals surface area contributed by atoms with Crippen molar-refractivity contribution in [3.05, 3.63) is 35.9 Å². The van der Waals surface area contributed by atoms with Gasteiger partial charge in [-0.05, 0) is 5.56 Å². The minimum absolute atomic E-state index is 0.00455. The van der Waals surface area contributed by atoms with Crippen molar-refractivity contribution in [3.8, 4) is 0 Å². The number of rotatable bonds is 3. The average Bonchev–Trinajstić information content (AvgIpc) is 2.86. The van der Waals surface area contributed by atoms with E-state index in [2.05, 4.69) is 0 Å². The summed E-state index contributed by atoms with van der Waals surface area (Å²) in [6.45, 7) is 0.124. The Bertz CT molecular complexity index is 438. The molecule has 1 aromatic carbocycles. The molecule has 1 aliphatic rings. The van der Waals surface area contributed by atoms with Crippen LogP contribution in [0.15, 0.2) is 30.3 Å². The molecule has 2 rings (SSSR count). The van der Waals surface area contributed by atoms with E-state index in [-0.39, 0.29) is 13.2 Å². The molecule has 0 radical (unpaired) electrons. The van der Waals surface area contributed by atoms with Crippen molar-refractivity contribution in [1.82, 2.24) is 4.31 Å². The smallest absolute Gasteiger partial charge is 0.420 e. The van der Waals surface area contributed by atoms with E-state index in [0.717, 1.165) is 9.87 Å². The molecule has 1 aromatic rings. The predicted octanol–water partition coefficient (Wildman–Crippen LogP) is 1.67. The number of hydrogen-bond donors (Lipinski definition) is 1. The maximum Gasteiger partial charge on any atom is 0.420 e. The van der Waals surface area contributed by atoms with Crippen molar-refractivity contribution in [3.63, 3.8) is 0 Å². The molecule has 0 bridgehead atoms. The van der Waals surface area contributed by atoms with E-state index in [9.17, 15) is 9.59 Å². The zero-order valence-electron chi connectivity index (χ0n) is 9.31. The van der Waals surface area contributed by atoms with Crippen LogP contribution in [-0.2, 0) is 20.3 Å². The quantitative estimate of drug-likeness (QED) is 0.511. The van der Waals surface area contributed by atoms with Gasteiger partial charge in [0.15, 0.2) is 6.04 Å². The van der Waals surface area contributed by atoms with Crippen LogP contribution in [0.3, 0.4) is 0 Å². The van der Waals surface area contributed by atoms with Crippen molar-refractivity contribution in [2.45, 2.75) is 12.6 Å². The summed E-state index contributed by atoms with van der Waals surface area (Å²) in [5, 5.41) is 8.84. The minimum Gasteiger partial charge on any atom is -0.464 e. The van der Waals surface area contributed by atoms with Crippen molar-refractivity contribution in [1.29, 1.82) is 0 Å². The van der Waals surface area contributed by atoms with Gasteiger partial charge in [0.1, 0.15) is 18.8 Å². The fraction of sp³-hybridized carbons (Fsp3) is 0.273. The van der Waals surface area contributed by atoms with Gasteiger partial charge in [-0.2, -0.15) is 0 Å². The molecule has 1 fully saturated rings. The largest absolute Gasteiger partial charge is 0.464 e. The number of nitrogens with zero attached hydrogens (tertiary/aromatic N) is 1. The average molecular weight is 269 g/mol. The molecule has 6 nitrogen and oxygen atoms in total. The zero-order valence-corrected chi connectivity index (χ0v) is 10.1. The first kappa shape index (κ1) is 12.7. The van der Waals surface area contributed by atoms with Gasteiger partial charge in [0, 0.05) is 0 Å². The second kappa shape index (κ2) is 5.74. The molecule has 0 spiro atoms. The monoisotopic (exact) mass is 269 g/mol. The summed E-state index contributed by atoms with van der Waals surface area (Å²) in [5.74, 6) is -0.605. The fourth-order valence-electron chi connectivity index (χ4n) is 1.43. The lowest BCUT2D eigenvalue weighted by molar-refractivity contribution is -0.149. The van der Waals surface area contributed by atoms with E-state index in [4.69, 9.17) is 14.0 Å².